The van der Waals surface area contributed by atoms with E-state index in [1.165, 1.54) is 6.07 Å². The van der Waals surface area contributed by atoms with Crippen LogP contribution >= 0.6 is 11.6 Å². The van der Waals surface area contributed by atoms with Gasteiger partial charge in [0.15, 0.2) is 17.7 Å². The minimum Gasteiger partial charge on any atom is -0.360 e. The van der Waals surface area contributed by atoms with E-state index in [2.05, 4.69) is 10.2 Å². The van der Waals surface area contributed by atoms with Crippen LogP contribution in [0.25, 0.3) is 0 Å². The Kier molecular flexibility index (Phi) is 5.74. The van der Waals surface area contributed by atoms with Gasteiger partial charge in [-0.05, 0) is 37.3 Å². The van der Waals surface area contributed by atoms with Crippen molar-refractivity contribution < 1.29 is 18.5 Å². The molecule has 1 fully saturated rings. The van der Waals surface area contributed by atoms with Crippen LogP contribution in [0, 0.1) is 11.6 Å². The summed E-state index contributed by atoms with van der Waals surface area (Å²) in [5.41, 5.74) is 1.34. The highest BCUT2D eigenvalue weighted by molar-refractivity contribution is 6.30. The molecule has 7 heteroatoms. The smallest absolute Gasteiger partial charge is 0.282 e. The molecule has 2 aromatic rings. The quantitative estimate of drug-likeness (QED) is 0.854. The predicted octanol–water partition coefficient (Wildman–Crippen LogP) is 2.35. The maximum absolute atomic E-state index is 13.3. The van der Waals surface area contributed by atoms with Gasteiger partial charge in [-0.1, -0.05) is 17.7 Å². The van der Waals surface area contributed by atoms with E-state index in [1.54, 1.807) is 0 Å². The molecule has 1 amide bonds. The van der Waals surface area contributed by atoms with E-state index < -0.39 is 11.6 Å². The fraction of sp³-hybridized carbons (Fsp3) is 0.316. The molecule has 1 saturated heterocycles. The van der Waals surface area contributed by atoms with Crippen LogP contribution in [-0.2, 0) is 4.79 Å². The van der Waals surface area contributed by atoms with Crippen LogP contribution in [0.3, 0.4) is 0 Å². The molecular formula is C19H21ClF2N3O+. The van der Waals surface area contributed by atoms with E-state index in [4.69, 9.17) is 11.6 Å². The number of rotatable bonds is 4. The number of nitrogens with one attached hydrogen (secondary N) is 2. The first-order valence-electron chi connectivity index (χ1n) is 8.55. The van der Waals surface area contributed by atoms with Gasteiger partial charge in [-0.3, -0.25) is 4.79 Å². The van der Waals surface area contributed by atoms with Crippen molar-refractivity contribution in [3.63, 3.8) is 0 Å². The second-order valence-electron chi connectivity index (χ2n) is 6.46. The molecule has 26 heavy (non-hydrogen) atoms. The van der Waals surface area contributed by atoms with Gasteiger partial charge >= 0.3 is 0 Å². The summed E-state index contributed by atoms with van der Waals surface area (Å²) >= 11 is 6.05. The minimum absolute atomic E-state index is 0.206. The van der Waals surface area contributed by atoms with Gasteiger partial charge < -0.3 is 15.1 Å². The number of benzene rings is 2. The van der Waals surface area contributed by atoms with E-state index in [0.29, 0.717) is 5.02 Å². The van der Waals surface area contributed by atoms with Gasteiger partial charge in [0.1, 0.15) is 0 Å². The number of halogens is 3. The van der Waals surface area contributed by atoms with E-state index in [9.17, 15) is 13.6 Å². The van der Waals surface area contributed by atoms with Gasteiger partial charge in [0.2, 0.25) is 0 Å². The Morgan fingerprint density at radius 1 is 1.15 bits per heavy atom. The molecule has 1 aliphatic rings. The number of nitrogens with zero attached hydrogens (tertiary/aromatic N) is 1. The molecule has 3 rings (SSSR count). The second-order valence-corrected chi connectivity index (χ2v) is 6.90. The lowest BCUT2D eigenvalue weighted by Gasteiger charge is -2.36. The molecule has 0 radical (unpaired) electrons. The summed E-state index contributed by atoms with van der Waals surface area (Å²) in [4.78, 5) is 15.8. The number of anilines is 2. The SMILES string of the molecule is C[C@@H](C(=O)Nc1ccc(F)c(F)c1)[NH+]1CCN(c2cccc(Cl)c2)CC1. The third-order valence-electron chi connectivity index (χ3n) is 4.77. The molecule has 2 aromatic carbocycles. The van der Waals surface area contributed by atoms with Gasteiger partial charge in [-0.15, -0.1) is 0 Å². The van der Waals surface area contributed by atoms with Crippen molar-refractivity contribution in [2.45, 2.75) is 13.0 Å². The van der Waals surface area contributed by atoms with Crippen molar-refractivity contribution in [3.8, 4) is 0 Å². The van der Waals surface area contributed by atoms with Crippen molar-refractivity contribution in [2.24, 2.45) is 0 Å². The number of hydrogen-bond donors (Lipinski definition) is 2. The van der Waals surface area contributed by atoms with Gasteiger partial charge in [-0.25, -0.2) is 8.78 Å². The highest BCUT2D eigenvalue weighted by Crippen LogP contribution is 2.19. The summed E-state index contributed by atoms with van der Waals surface area (Å²) in [6.07, 6.45) is 0. The van der Waals surface area contributed by atoms with Crippen LogP contribution in [0.2, 0.25) is 5.02 Å². The molecule has 0 aliphatic carbocycles. The van der Waals surface area contributed by atoms with Crippen molar-refractivity contribution in [3.05, 3.63) is 59.1 Å². The Bertz CT molecular complexity index is 794. The van der Waals surface area contributed by atoms with Crippen LogP contribution in [0.1, 0.15) is 6.92 Å². The third-order valence-corrected chi connectivity index (χ3v) is 5.01. The van der Waals surface area contributed by atoms with Crippen LogP contribution in [-0.4, -0.2) is 38.1 Å². The topological polar surface area (TPSA) is 36.8 Å². The summed E-state index contributed by atoms with van der Waals surface area (Å²) in [5, 5.41) is 3.37. The number of hydrogen-bond acceptors (Lipinski definition) is 2. The first-order chi connectivity index (χ1) is 12.4. The van der Waals surface area contributed by atoms with Gasteiger partial charge in [-0.2, -0.15) is 0 Å². The van der Waals surface area contributed by atoms with Crippen LogP contribution in [0.5, 0.6) is 0 Å². The third kappa shape index (κ3) is 4.31. The average Bonchev–Trinajstić information content (AvgIpc) is 2.64. The normalized spacial score (nSPS) is 16.4. The van der Waals surface area contributed by atoms with Crippen molar-refractivity contribution in [1.29, 1.82) is 0 Å². The highest BCUT2D eigenvalue weighted by atomic mass is 35.5. The molecule has 138 valence electrons. The van der Waals surface area contributed by atoms with Crippen molar-refractivity contribution in [1.82, 2.24) is 0 Å². The Hall–Kier alpha value is -2.18. The molecule has 2 N–H and O–H groups in total. The van der Waals surface area contributed by atoms with Gasteiger partial charge in [0, 0.05) is 22.5 Å². The summed E-state index contributed by atoms with van der Waals surface area (Å²) in [7, 11) is 0. The van der Waals surface area contributed by atoms with E-state index in [0.717, 1.165) is 48.9 Å². The predicted molar refractivity (Wildman–Crippen MR) is 98.8 cm³/mol. The Labute approximate surface area is 156 Å². The summed E-state index contributed by atoms with van der Waals surface area (Å²) in [6.45, 7) is 5.09. The number of carbonyl (C=O) groups excluding carboxylic acids is 1. The van der Waals surface area contributed by atoms with Gasteiger partial charge in [0.05, 0.1) is 26.2 Å². The molecule has 1 aliphatic heterocycles. The lowest BCUT2D eigenvalue weighted by Crippen LogP contribution is -3.19. The maximum Gasteiger partial charge on any atom is 0.282 e. The molecule has 1 heterocycles. The highest BCUT2D eigenvalue weighted by Gasteiger charge is 2.29. The fourth-order valence-electron chi connectivity index (χ4n) is 3.17. The van der Waals surface area contributed by atoms with Crippen molar-refractivity contribution >= 4 is 28.9 Å². The van der Waals surface area contributed by atoms with E-state index in [-0.39, 0.29) is 17.6 Å². The summed E-state index contributed by atoms with van der Waals surface area (Å²) in [6, 6.07) is 10.8. The Morgan fingerprint density at radius 2 is 1.88 bits per heavy atom. The van der Waals surface area contributed by atoms with Crippen molar-refractivity contribution in [2.75, 3.05) is 36.4 Å². The lowest BCUT2D eigenvalue weighted by atomic mass is 10.2. The summed E-state index contributed by atoms with van der Waals surface area (Å²) in [5.74, 6) is -2.11. The van der Waals surface area contributed by atoms with Crippen LogP contribution < -0.4 is 15.1 Å². The van der Waals surface area contributed by atoms with Crippen LogP contribution in [0.4, 0.5) is 20.2 Å². The first-order valence-corrected chi connectivity index (χ1v) is 8.93. The molecule has 4 nitrogen and oxygen atoms in total. The largest absolute Gasteiger partial charge is 0.360 e. The molecule has 0 aromatic heterocycles. The molecule has 0 spiro atoms. The zero-order valence-corrected chi connectivity index (χ0v) is 15.2. The van der Waals surface area contributed by atoms with Gasteiger partial charge in [0.25, 0.3) is 5.91 Å². The zero-order valence-electron chi connectivity index (χ0n) is 14.4. The number of quaternary nitrogens is 1. The second kappa shape index (κ2) is 8.01. The standard InChI is InChI=1S/C19H20ClF2N3O/c1-13(19(26)23-15-5-6-17(21)18(22)12-15)24-7-9-25(10-8-24)16-4-2-3-14(20)11-16/h2-6,11-13H,7-10H2,1H3,(H,23,26)/p+1/t13-/m0/s1. The summed E-state index contributed by atoms with van der Waals surface area (Å²) < 4.78 is 26.3. The number of carbonyl (C=O) groups is 1. The Morgan fingerprint density at radius 3 is 2.54 bits per heavy atom. The maximum atomic E-state index is 13.3. The molecule has 1 atom stereocenters. The Balaban J connectivity index is 1.56. The lowest BCUT2D eigenvalue weighted by molar-refractivity contribution is -0.914. The zero-order chi connectivity index (χ0) is 18.7. The number of amides is 1. The molecule has 0 saturated carbocycles. The first kappa shape index (κ1) is 18.6. The monoisotopic (exact) mass is 380 g/mol. The minimum atomic E-state index is -0.974. The molecular weight excluding hydrogens is 360 g/mol. The fourth-order valence-corrected chi connectivity index (χ4v) is 3.35. The average molecular weight is 381 g/mol. The number of piperazine rings is 1. The van der Waals surface area contributed by atoms with E-state index >= 15 is 0 Å². The molecule has 0 bridgehead atoms. The van der Waals surface area contributed by atoms with Crippen LogP contribution in [0.15, 0.2) is 42.5 Å². The van der Waals surface area contributed by atoms with E-state index in [1.807, 2.05) is 31.2 Å². The molecule has 0 unspecified atom stereocenters.